The van der Waals surface area contributed by atoms with Crippen LogP contribution in [0.25, 0.3) is 0 Å². The molecule has 1 fully saturated rings. The normalized spacial score (nSPS) is 16.1. The van der Waals surface area contributed by atoms with Crippen LogP contribution in [-0.2, 0) is 11.3 Å². The molecule has 8 heteroatoms. The van der Waals surface area contributed by atoms with Crippen molar-refractivity contribution in [2.24, 2.45) is 0 Å². The highest BCUT2D eigenvalue weighted by Crippen LogP contribution is 2.31. The zero-order chi connectivity index (χ0) is 20.2. The Morgan fingerprint density at radius 1 is 1.21 bits per heavy atom. The number of rotatable bonds is 6. The van der Waals surface area contributed by atoms with E-state index in [1.165, 1.54) is 6.33 Å². The van der Waals surface area contributed by atoms with Crippen molar-refractivity contribution in [1.82, 2.24) is 20.1 Å². The quantitative estimate of drug-likeness (QED) is 0.693. The number of ether oxygens (including phenoxy) is 1. The van der Waals surface area contributed by atoms with E-state index in [4.69, 9.17) is 4.74 Å². The van der Waals surface area contributed by atoms with Gasteiger partial charge >= 0.3 is 0 Å². The van der Waals surface area contributed by atoms with E-state index in [1.54, 1.807) is 35.2 Å². The highest BCUT2D eigenvalue weighted by molar-refractivity contribution is 6.05. The van der Waals surface area contributed by atoms with Gasteiger partial charge in [0.2, 0.25) is 5.91 Å². The average Bonchev–Trinajstić information content (AvgIpc) is 3.38. The van der Waals surface area contributed by atoms with Crippen LogP contribution in [0.15, 0.2) is 61.2 Å². The minimum absolute atomic E-state index is 0.142. The van der Waals surface area contributed by atoms with Crippen LogP contribution in [0.2, 0.25) is 0 Å². The highest BCUT2D eigenvalue weighted by atomic mass is 16.5. The third-order valence-corrected chi connectivity index (χ3v) is 4.95. The van der Waals surface area contributed by atoms with Gasteiger partial charge in [-0.1, -0.05) is 30.3 Å². The number of carbonyl (C=O) groups is 2. The van der Waals surface area contributed by atoms with Gasteiger partial charge in [-0.05, 0) is 30.2 Å². The Morgan fingerprint density at radius 3 is 2.79 bits per heavy atom. The van der Waals surface area contributed by atoms with Crippen LogP contribution in [0, 0.1) is 0 Å². The summed E-state index contributed by atoms with van der Waals surface area (Å²) in [5.74, 6) is 0.212. The Kier molecular flexibility index (Phi) is 5.24. The number of nitrogens with zero attached hydrogens (tertiary/aromatic N) is 4. The predicted molar refractivity (Wildman–Crippen MR) is 107 cm³/mol. The number of hydrogen-bond donors (Lipinski definition) is 1. The number of hydrogen-bond acceptors (Lipinski definition) is 5. The highest BCUT2D eigenvalue weighted by Gasteiger charge is 2.35. The maximum absolute atomic E-state index is 12.9. The van der Waals surface area contributed by atoms with E-state index in [0.717, 1.165) is 5.56 Å². The monoisotopic (exact) mass is 391 g/mol. The van der Waals surface area contributed by atoms with Crippen molar-refractivity contribution >= 4 is 17.5 Å². The van der Waals surface area contributed by atoms with E-state index in [1.807, 2.05) is 36.4 Å². The Bertz CT molecular complexity index is 1020. The number of methoxy groups -OCH3 is 1. The molecule has 1 aromatic heterocycles. The summed E-state index contributed by atoms with van der Waals surface area (Å²) in [4.78, 5) is 31.4. The molecule has 2 aromatic carbocycles. The lowest BCUT2D eigenvalue weighted by molar-refractivity contribution is -0.118. The lowest BCUT2D eigenvalue weighted by Crippen LogP contribution is -2.42. The molecule has 8 nitrogen and oxygen atoms in total. The van der Waals surface area contributed by atoms with Gasteiger partial charge in [-0.3, -0.25) is 9.59 Å². The van der Waals surface area contributed by atoms with Gasteiger partial charge in [0.1, 0.15) is 24.4 Å². The molecule has 0 aliphatic carbocycles. The number of nitrogens with one attached hydrogen (secondary N) is 1. The summed E-state index contributed by atoms with van der Waals surface area (Å²) in [6, 6.07) is 14.1. The van der Waals surface area contributed by atoms with Crippen LogP contribution in [-0.4, -0.2) is 46.3 Å². The maximum Gasteiger partial charge on any atom is 0.252 e. The first-order valence-electron chi connectivity index (χ1n) is 9.33. The molecule has 2 heterocycles. The molecule has 0 spiro atoms. The molecule has 2 amide bonds. The second-order valence-electron chi connectivity index (χ2n) is 6.73. The van der Waals surface area contributed by atoms with Crippen LogP contribution in [0.1, 0.15) is 22.3 Å². The standard InChI is InChI=1S/C21H21N5O3/c1-29-19-9-5-4-8-18(19)26-11-10-17(21(26)28)24-20(27)16-7-3-2-6-15(16)12-25-14-22-13-23-25/h2-9,13-14,17H,10-12H2,1H3,(H,24,27). The second kappa shape index (κ2) is 8.14. The summed E-state index contributed by atoms with van der Waals surface area (Å²) in [5, 5.41) is 6.97. The molecule has 0 radical (unpaired) electrons. The van der Waals surface area contributed by atoms with E-state index >= 15 is 0 Å². The molecule has 1 unspecified atom stereocenters. The SMILES string of the molecule is COc1ccccc1N1CCC(NC(=O)c2ccccc2Cn2cncn2)C1=O. The van der Waals surface area contributed by atoms with Gasteiger partial charge in [0.05, 0.1) is 19.3 Å². The molecule has 1 aliphatic heterocycles. The Labute approximate surface area is 168 Å². The third kappa shape index (κ3) is 3.82. The number of benzene rings is 2. The molecule has 0 bridgehead atoms. The molecule has 1 saturated heterocycles. The topological polar surface area (TPSA) is 89.3 Å². The molecule has 1 atom stereocenters. The first-order chi connectivity index (χ1) is 14.2. The first-order valence-corrected chi connectivity index (χ1v) is 9.33. The van der Waals surface area contributed by atoms with Gasteiger partial charge in [0.15, 0.2) is 0 Å². The number of anilines is 1. The van der Waals surface area contributed by atoms with Gasteiger partial charge in [0.25, 0.3) is 5.91 Å². The fraction of sp³-hybridized carbons (Fsp3) is 0.238. The smallest absolute Gasteiger partial charge is 0.252 e. The van der Waals surface area contributed by atoms with Crippen LogP contribution < -0.4 is 15.0 Å². The molecule has 0 saturated carbocycles. The number of amides is 2. The van der Waals surface area contributed by atoms with Crippen molar-refractivity contribution in [2.75, 3.05) is 18.6 Å². The van der Waals surface area contributed by atoms with Crippen LogP contribution in [0.5, 0.6) is 5.75 Å². The first kappa shape index (κ1) is 18.7. The van der Waals surface area contributed by atoms with Crippen molar-refractivity contribution in [3.8, 4) is 5.75 Å². The molecule has 1 aliphatic rings. The summed E-state index contributed by atoms with van der Waals surface area (Å²) in [6.45, 7) is 0.945. The summed E-state index contributed by atoms with van der Waals surface area (Å²) in [6.07, 6.45) is 3.58. The molecule has 3 aromatic rings. The summed E-state index contributed by atoms with van der Waals surface area (Å²) in [7, 11) is 1.57. The lowest BCUT2D eigenvalue weighted by atomic mass is 10.1. The summed E-state index contributed by atoms with van der Waals surface area (Å²) in [5.41, 5.74) is 2.04. The number of carbonyl (C=O) groups excluding carboxylic acids is 2. The van der Waals surface area contributed by atoms with E-state index < -0.39 is 6.04 Å². The van der Waals surface area contributed by atoms with E-state index in [0.29, 0.717) is 36.5 Å². The Hall–Kier alpha value is -3.68. The molecular weight excluding hydrogens is 370 g/mol. The Balaban J connectivity index is 1.49. The molecule has 1 N–H and O–H groups in total. The van der Waals surface area contributed by atoms with E-state index in [2.05, 4.69) is 15.4 Å². The molecule has 148 valence electrons. The molecule has 4 rings (SSSR count). The van der Waals surface area contributed by atoms with Crippen molar-refractivity contribution < 1.29 is 14.3 Å². The van der Waals surface area contributed by atoms with Gasteiger partial charge in [-0.25, -0.2) is 9.67 Å². The zero-order valence-electron chi connectivity index (χ0n) is 16.0. The lowest BCUT2D eigenvalue weighted by Gasteiger charge is -2.20. The average molecular weight is 391 g/mol. The fourth-order valence-corrected chi connectivity index (χ4v) is 3.51. The summed E-state index contributed by atoms with van der Waals surface area (Å²) >= 11 is 0. The zero-order valence-corrected chi connectivity index (χ0v) is 16.0. The Morgan fingerprint density at radius 2 is 2.00 bits per heavy atom. The van der Waals surface area contributed by atoms with Gasteiger partial charge in [-0.15, -0.1) is 0 Å². The van der Waals surface area contributed by atoms with Crippen molar-refractivity contribution in [3.05, 3.63) is 72.3 Å². The van der Waals surface area contributed by atoms with Crippen molar-refractivity contribution in [2.45, 2.75) is 19.0 Å². The largest absolute Gasteiger partial charge is 0.495 e. The van der Waals surface area contributed by atoms with Crippen LogP contribution >= 0.6 is 0 Å². The minimum Gasteiger partial charge on any atom is -0.495 e. The van der Waals surface area contributed by atoms with Crippen molar-refractivity contribution in [1.29, 1.82) is 0 Å². The number of aromatic nitrogens is 3. The van der Waals surface area contributed by atoms with Crippen molar-refractivity contribution in [3.63, 3.8) is 0 Å². The predicted octanol–water partition coefficient (Wildman–Crippen LogP) is 1.87. The van der Waals surface area contributed by atoms with E-state index in [-0.39, 0.29) is 11.8 Å². The van der Waals surface area contributed by atoms with Gasteiger partial charge < -0.3 is 15.0 Å². The second-order valence-corrected chi connectivity index (χ2v) is 6.73. The van der Waals surface area contributed by atoms with Gasteiger partial charge in [0, 0.05) is 12.1 Å². The fourth-order valence-electron chi connectivity index (χ4n) is 3.51. The van der Waals surface area contributed by atoms with Crippen LogP contribution in [0.3, 0.4) is 0 Å². The third-order valence-electron chi connectivity index (χ3n) is 4.95. The number of para-hydroxylation sites is 2. The van der Waals surface area contributed by atoms with Crippen LogP contribution in [0.4, 0.5) is 5.69 Å². The minimum atomic E-state index is -0.577. The molecular formula is C21H21N5O3. The van der Waals surface area contributed by atoms with Gasteiger partial charge in [-0.2, -0.15) is 5.10 Å². The maximum atomic E-state index is 12.9. The summed E-state index contributed by atoms with van der Waals surface area (Å²) < 4.78 is 7.01. The molecule has 29 heavy (non-hydrogen) atoms. The van der Waals surface area contributed by atoms with E-state index in [9.17, 15) is 9.59 Å².